The molecule has 2 rings (SSSR count). The Morgan fingerprint density at radius 3 is 3.00 bits per heavy atom. The predicted octanol–water partition coefficient (Wildman–Crippen LogP) is 0.424. The number of terminal acetylenes is 1. The van der Waals surface area contributed by atoms with Gasteiger partial charge in [0.15, 0.2) is 0 Å². The van der Waals surface area contributed by atoms with Crippen molar-refractivity contribution in [3.8, 4) is 12.3 Å². The number of aromatic amines is 1. The highest BCUT2D eigenvalue weighted by molar-refractivity contribution is 4.90. The molecule has 0 aromatic carbocycles. The Balaban J connectivity index is 1.54. The summed E-state index contributed by atoms with van der Waals surface area (Å²) in [5.74, 6) is 3.68. The first-order chi connectivity index (χ1) is 8.88. The smallest absolute Gasteiger partial charge is 0.137 e. The van der Waals surface area contributed by atoms with E-state index in [0.29, 0.717) is 6.04 Å². The highest BCUT2D eigenvalue weighted by atomic mass is 15.2. The van der Waals surface area contributed by atoms with E-state index in [1.54, 1.807) is 6.33 Å². The quantitative estimate of drug-likeness (QED) is 0.565. The molecule has 98 valence electrons. The molecule has 0 spiro atoms. The third-order valence-corrected chi connectivity index (χ3v) is 3.39. The van der Waals surface area contributed by atoms with Crippen LogP contribution < -0.4 is 5.32 Å². The molecule has 0 amide bonds. The maximum absolute atomic E-state index is 5.32. The van der Waals surface area contributed by atoms with E-state index in [9.17, 15) is 0 Å². The van der Waals surface area contributed by atoms with Gasteiger partial charge in [-0.1, -0.05) is 5.92 Å². The third-order valence-electron chi connectivity index (χ3n) is 3.39. The molecule has 2 N–H and O–H groups in total. The van der Waals surface area contributed by atoms with Crippen LogP contribution >= 0.6 is 0 Å². The molecule has 1 aliphatic rings. The van der Waals surface area contributed by atoms with Crippen molar-refractivity contribution >= 4 is 0 Å². The fraction of sp³-hybridized carbons (Fsp3) is 0.692. The molecule has 1 aromatic rings. The molecule has 0 atom stereocenters. The maximum atomic E-state index is 5.32. The first kappa shape index (κ1) is 13.1. The Morgan fingerprint density at radius 2 is 2.33 bits per heavy atom. The molecule has 0 bridgehead atoms. The van der Waals surface area contributed by atoms with Crippen LogP contribution in [0.4, 0.5) is 0 Å². The number of hydrogen-bond acceptors (Lipinski definition) is 4. The summed E-state index contributed by atoms with van der Waals surface area (Å²) < 4.78 is 0. The van der Waals surface area contributed by atoms with Crippen LogP contribution in [0.2, 0.25) is 0 Å². The molecule has 0 unspecified atom stereocenters. The van der Waals surface area contributed by atoms with Gasteiger partial charge in [-0.05, 0) is 25.8 Å². The van der Waals surface area contributed by atoms with Crippen molar-refractivity contribution in [2.45, 2.75) is 31.7 Å². The molecule has 18 heavy (non-hydrogen) atoms. The first-order valence-corrected chi connectivity index (χ1v) is 6.62. The van der Waals surface area contributed by atoms with Crippen molar-refractivity contribution in [3.63, 3.8) is 0 Å². The van der Waals surface area contributed by atoms with Gasteiger partial charge in [0, 0.05) is 25.6 Å². The summed E-state index contributed by atoms with van der Waals surface area (Å²) in [6.45, 7) is 4.06. The van der Waals surface area contributed by atoms with Crippen molar-refractivity contribution in [1.29, 1.82) is 0 Å². The molecule has 1 aliphatic heterocycles. The lowest BCUT2D eigenvalue weighted by Gasteiger charge is -2.31. The van der Waals surface area contributed by atoms with Crippen LogP contribution in [0.25, 0.3) is 0 Å². The molecule has 5 heteroatoms. The molecular weight excluding hydrogens is 226 g/mol. The van der Waals surface area contributed by atoms with Gasteiger partial charge in [-0.15, -0.1) is 6.42 Å². The molecule has 5 nitrogen and oxygen atoms in total. The second-order valence-electron chi connectivity index (χ2n) is 4.74. The Morgan fingerprint density at radius 1 is 1.50 bits per heavy atom. The van der Waals surface area contributed by atoms with Gasteiger partial charge < -0.3 is 5.32 Å². The summed E-state index contributed by atoms with van der Waals surface area (Å²) >= 11 is 0. The molecule has 2 heterocycles. The van der Waals surface area contributed by atoms with Crippen LogP contribution in [0.3, 0.4) is 0 Å². The zero-order valence-corrected chi connectivity index (χ0v) is 10.7. The number of rotatable bonds is 6. The largest absolute Gasteiger partial charge is 0.314 e. The van der Waals surface area contributed by atoms with Crippen molar-refractivity contribution in [2.75, 3.05) is 26.2 Å². The lowest BCUT2D eigenvalue weighted by atomic mass is 10.0. The Hall–Kier alpha value is -1.38. The first-order valence-electron chi connectivity index (χ1n) is 6.62. The van der Waals surface area contributed by atoms with Crippen LogP contribution in [-0.2, 0) is 6.42 Å². The fourth-order valence-electron chi connectivity index (χ4n) is 2.34. The lowest BCUT2D eigenvalue weighted by Crippen LogP contribution is -2.42. The summed E-state index contributed by atoms with van der Waals surface area (Å²) in [5.41, 5.74) is 0. The molecule has 0 radical (unpaired) electrons. The van der Waals surface area contributed by atoms with Gasteiger partial charge in [-0.3, -0.25) is 10.00 Å². The Bertz CT molecular complexity index is 359. The summed E-state index contributed by atoms with van der Waals surface area (Å²) in [7, 11) is 0. The molecule has 1 fully saturated rings. The highest BCUT2D eigenvalue weighted by Crippen LogP contribution is 2.09. The van der Waals surface area contributed by atoms with Crippen molar-refractivity contribution in [2.24, 2.45) is 0 Å². The minimum absolute atomic E-state index is 0.647. The summed E-state index contributed by atoms with van der Waals surface area (Å²) in [5, 5.41) is 10.3. The Labute approximate surface area is 108 Å². The van der Waals surface area contributed by atoms with Gasteiger partial charge in [-0.25, -0.2) is 4.98 Å². The van der Waals surface area contributed by atoms with Gasteiger partial charge in [-0.2, -0.15) is 5.10 Å². The van der Waals surface area contributed by atoms with Crippen LogP contribution in [0.1, 0.15) is 25.1 Å². The van der Waals surface area contributed by atoms with E-state index in [1.165, 1.54) is 12.8 Å². The monoisotopic (exact) mass is 247 g/mol. The number of nitrogens with zero attached hydrogens (tertiary/aromatic N) is 3. The summed E-state index contributed by atoms with van der Waals surface area (Å²) in [4.78, 5) is 6.45. The van der Waals surface area contributed by atoms with E-state index < -0.39 is 0 Å². The van der Waals surface area contributed by atoms with Crippen LogP contribution in [0.5, 0.6) is 0 Å². The number of aromatic nitrogens is 3. The van der Waals surface area contributed by atoms with E-state index in [4.69, 9.17) is 6.42 Å². The van der Waals surface area contributed by atoms with Crippen molar-refractivity contribution in [3.05, 3.63) is 12.2 Å². The topological polar surface area (TPSA) is 56.8 Å². The number of piperidine rings is 1. The predicted molar refractivity (Wildman–Crippen MR) is 71.0 cm³/mol. The molecule has 0 saturated carbocycles. The van der Waals surface area contributed by atoms with Gasteiger partial charge in [0.25, 0.3) is 0 Å². The maximum Gasteiger partial charge on any atom is 0.137 e. The van der Waals surface area contributed by atoms with Crippen LogP contribution in [0, 0.1) is 12.3 Å². The van der Waals surface area contributed by atoms with Crippen molar-refractivity contribution in [1.82, 2.24) is 25.4 Å². The number of nitrogens with one attached hydrogen (secondary N) is 2. The summed E-state index contributed by atoms with van der Waals surface area (Å²) in [6, 6.07) is 0.647. The normalized spacial score (nSPS) is 17.7. The molecule has 1 aromatic heterocycles. The second-order valence-corrected chi connectivity index (χ2v) is 4.74. The number of H-pyrrole nitrogens is 1. The van der Waals surface area contributed by atoms with Gasteiger partial charge in [0.2, 0.25) is 0 Å². The molecular formula is C13H21N5. The summed E-state index contributed by atoms with van der Waals surface area (Å²) in [6.07, 6.45) is 11.3. The Kier molecular flexibility index (Phi) is 5.18. The van der Waals surface area contributed by atoms with E-state index in [1.807, 2.05) is 0 Å². The number of aryl methyl sites for hydroxylation is 1. The van der Waals surface area contributed by atoms with E-state index in [-0.39, 0.29) is 0 Å². The average Bonchev–Trinajstić information content (AvgIpc) is 2.90. The number of likely N-dealkylation sites (tertiary alicyclic amines) is 1. The minimum atomic E-state index is 0.647. The van der Waals surface area contributed by atoms with Gasteiger partial charge in [0.05, 0.1) is 6.54 Å². The fourth-order valence-corrected chi connectivity index (χ4v) is 2.34. The van der Waals surface area contributed by atoms with Gasteiger partial charge in [0.1, 0.15) is 12.2 Å². The van der Waals surface area contributed by atoms with E-state index in [0.717, 1.165) is 44.8 Å². The SMILES string of the molecule is C#CCN1CCC(NCCCc2ncn[nH]2)CC1. The highest BCUT2D eigenvalue weighted by Gasteiger charge is 2.17. The zero-order valence-electron chi connectivity index (χ0n) is 10.7. The minimum Gasteiger partial charge on any atom is -0.314 e. The van der Waals surface area contributed by atoms with E-state index >= 15 is 0 Å². The standard InChI is InChI=1S/C13H21N5/c1-2-8-18-9-5-12(6-10-18)14-7-3-4-13-15-11-16-17-13/h1,11-12,14H,3-10H2,(H,15,16,17). The van der Waals surface area contributed by atoms with E-state index in [2.05, 4.69) is 31.3 Å². The second kappa shape index (κ2) is 7.14. The average molecular weight is 247 g/mol. The van der Waals surface area contributed by atoms with Crippen LogP contribution in [-0.4, -0.2) is 52.3 Å². The number of hydrogen-bond donors (Lipinski definition) is 2. The lowest BCUT2D eigenvalue weighted by molar-refractivity contribution is 0.218. The van der Waals surface area contributed by atoms with Crippen LogP contribution in [0.15, 0.2) is 6.33 Å². The molecule has 1 saturated heterocycles. The third kappa shape index (κ3) is 4.13. The van der Waals surface area contributed by atoms with Gasteiger partial charge >= 0.3 is 0 Å². The zero-order chi connectivity index (χ0) is 12.6. The van der Waals surface area contributed by atoms with Crippen molar-refractivity contribution < 1.29 is 0 Å². The molecule has 0 aliphatic carbocycles.